The van der Waals surface area contributed by atoms with Crippen LogP contribution in [0.3, 0.4) is 0 Å². The Balaban J connectivity index is 1.54. The number of benzene rings is 3. The third-order valence-electron chi connectivity index (χ3n) is 5.23. The number of ether oxygens (including phenoxy) is 2. The van der Waals surface area contributed by atoms with Gasteiger partial charge < -0.3 is 14.8 Å². The van der Waals surface area contributed by atoms with Crippen molar-refractivity contribution in [3.63, 3.8) is 0 Å². The van der Waals surface area contributed by atoms with Gasteiger partial charge in [0.1, 0.15) is 23.8 Å². The van der Waals surface area contributed by atoms with E-state index in [1.54, 1.807) is 13.2 Å². The molecule has 1 N–H and O–H groups in total. The van der Waals surface area contributed by atoms with Crippen molar-refractivity contribution in [3.05, 3.63) is 95.2 Å². The van der Waals surface area contributed by atoms with Crippen LogP contribution in [0.5, 0.6) is 11.5 Å². The summed E-state index contributed by atoms with van der Waals surface area (Å²) in [5.41, 5.74) is 4.15. The van der Waals surface area contributed by atoms with E-state index in [0.29, 0.717) is 17.4 Å². The second kappa shape index (κ2) is 9.66. The molecule has 4 rings (SSSR count). The largest absolute Gasteiger partial charge is 0.496 e. The lowest BCUT2D eigenvalue weighted by Crippen LogP contribution is -2.30. The fourth-order valence-corrected chi connectivity index (χ4v) is 3.80. The van der Waals surface area contributed by atoms with Gasteiger partial charge in [-0.15, -0.1) is 0 Å². The third kappa shape index (κ3) is 4.65. The van der Waals surface area contributed by atoms with Crippen molar-refractivity contribution in [2.24, 2.45) is 0 Å². The summed E-state index contributed by atoms with van der Waals surface area (Å²) in [4.78, 5) is 14.4. The molecule has 0 unspecified atom stereocenters. The van der Waals surface area contributed by atoms with Crippen LogP contribution >= 0.6 is 12.2 Å². The minimum atomic E-state index is -0.189. The highest BCUT2D eigenvalue weighted by Gasteiger charge is 2.31. The Morgan fingerprint density at radius 1 is 1.03 bits per heavy atom. The SMILES string of the molecule is CCc1ccc(OCc2cc(/C=C3/NC(=S)N(c4ccccc4)C3=O)ccc2OC)cc1. The van der Waals surface area contributed by atoms with Crippen molar-refractivity contribution in [3.8, 4) is 11.5 Å². The summed E-state index contributed by atoms with van der Waals surface area (Å²) in [6.45, 7) is 2.47. The number of aryl methyl sites for hydroxylation is 1. The van der Waals surface area contributed by atoms with Gasteiger partial charge in [0.15, 0.2) is 5.11 Å². The Morgan fingerprint density at radius 3 is 2.47 bits per heavy atom. The molecule has 1 aliphatic heterocycles. The summed E-state index contributed by atoms with van der Waals surface area (Å²) in [7, 11) is 1.63. The molecule has 0 spiro atoms. The molecule has 0 saturated carbocycles. The zero-order chi connectivity index (χ0) is 22.5. The average molecular weight is 445 g/mol. The number of rotatable bonds is 7. The van der Waals surface area contributed by atoms with Crippen LogP contribution in [0, 0.1) is 0 Å². The van der Waals surface area contributed by atoms with Crippen molar-refractivity contribution >= 4 is 35.0 Å². The van der Waals surface area contributed by atoms with Crippen LogP contribution in [-0.2, 0) is 17.8 Å². The summed E-state index contributed by atoms with van der Waals surface area (Å²) in [6.07, 6.45) is 2.78. The Labute approximate surface area is 193 Å². The van der Waals surface area contributed by atoms with Crippen molar-refractivity contribution in [2.75, 3.05) is 12.0 Å². The van der Waals surface area contributed by atoms with E-state index >= 15 is 0 Å². The Kier molecular flexibility index (Phi) is 6.52. The number of amides is 1. The van der Waals surface area contributed by atoms with E-state index in [9.17, 15) is 4.79 Å². The molecule has 0 aromatic heterocycles. The van der Waals surface area contributed by atoms with Gasteiger partial charge in [-0.3, -0.25) is 9.69 Å². The molecule has 0 radical (unpaired) electrons. The Bertz CT molecular complexity index is 1160. The molecule has 5 nitrogen and oxygen atoms in total. The van der Waals surface area contributed by atoms with E-state index in [2.05, 4.69) is 24.4 Å². The van der Waals surface area contributed by atoms with Gasteiger partial charge in [-0.1, -0.05) is 43.3 Å². The van der Waals surface area contributed by atoms with E-state index in [1.807, 2.05) is 60.7 Å². The topological polar surface area (TPSA) is 50.8 Å². The summed E-state index contributed by atoms with van der Waals surface area (Å²) in [5.74, 6) is 1.33. The highest BCUT2D eigenvalue weighted by molar-refractivity contribution is 7.80. The monoisotopic (exact) mass is 444 g/mol. The van der Waals surface area contributed by atoms with Crippen LogP contribution < -0.4 is 19.7 Å². The fourth-order valence-electron chi connectivity index (χ4n) is 3.50. The Hall–Kier alpha value is -3.64. The normalized spacial score (nSPS) is 14.6. The number of anilines is 1. The first-order valence-corrected chi connectivity index (χ1v) is 10.8. The summed E-state index contributed by atoms with van der Waals surface area (Å²) >= 11 is 5.38. The maximum Gasteiger partial charge on any atom is 0.281 e. The highest BCUT2D eigenvalue weighted by Crippen LogP contribution is 2.26. The van der Waals surface area contributed by atoms with Crippen molar-refractivity contribution in [1.82, 2.24) is 5.32 Å². The molecule has 0 atom stereocenters. The quantitative estimate of drug-likeness (QED) is 0.406. The third-order valence-corrected chi connectivity index (χ3v) is 5.52. The molecule has 0 bridgehead atoms. The number of hydrogen-bond donors (Lipinski definition) is 1. The molecule has 1 fully saturated rings. The maximum absolute atomic E-state index is 13.0. The Morgan fingerprint density at radius 2 is 1.78 bits per heavy atom. The van der Waals surface area contributed by atoms with Crippen LogP contribution in [0.1, 0.15) is 23.6 Å². The molecular formula is C26H24N2O3S. The zero-order valence-electron chi connectivity index (χ0n) is 18.0. The number of carbonyl (C=O) groups is 1. The van der Waals surface area contributed by atoms with E-state index in [-0.39, 0.29) is 5.91 Å². The lowest BCUT2D eigenvalue weighted by molar-refractivity contribution is -0.113. The van der Waals surface area contributed by atoms with E-state index in [4.69, 9.17) is 21.7 Å². The number of nitrogens with one attached hydrogen (secondary N) is 1. The highest BCUT2D eigenvalue weighted by atomic mass is 32.1. The van der Waals surface area contributed by atoms with Gasteiger partial charge in [-0.05, 0) is 72.2 Å². The van der Waals surface area contributed by atoms with Crippen molar-refractivity contribution in [1.29, 1.82) is 0 Å². The second-order valence-corrected chi connectivity index (χ2v) is 7.71. The van der Waals surface area contributed by atoms with Gasteiger partial charge in [0.05, 0.1) is 12.8 Å². The number of carbonyl (C=O) groups excluding carboxylic acids is 1. The molecule has 1 aliphatic rings. The predicted octanol–water partition coefficient (Wildman–Crippen LogP) is 5.10. The molecule has 3 aromatic carbocycles. The lowest BCUT2D eigenvalue weighted by Gasteiger charge is -2.13. The average Bonchev–Trinajstić information content (AvgIpc) is 3.11. The number of thiocarbonyl (C=S) groups is 1. The van der Waals surface area contributed by atoms with E-state index in [1.165, 1.54) is 10.5 Å². The number of hydrogen-bond acceptors (Lipinski definition) is 4. The van der Waals surface area contributed by atoms with E-state index in [0.717, 1.165) is 34.7 Å². The minimum Gasteiger partial charge on any atom is -0.496 e. The standard InChI is InChI=1S/C26H24N2O3S/c1-3-18-9-12-22(13-10-18)31-17-20-15-19(11-14-24(20)30-2)16-23-25(29)28(26(32)27-23)21-7-5-4-6-8-21/h4-16H,3,17H2,1-2H3,(H,27,32)/b23-16+. The van der Waals surface area contributed by atoms with Crippen LogP contribution in [0.2, 0.25) is 0 Å². The molecule has 3 aromatic rings. The molecule has 0 aliphatic carbocycles. The first kappa shape index (κ1) is 21.6. The van der Waals surface area contributed by atoms with Crippen molar-refractivity contribution < 1.29 is 14.3 Å². The maximum atomic E-state index is 13.0. The molecule has 6 heteroatoms. The first-order valence-electron chi connectivity index (χ1n) is 10.4. The zero-order valence-corrected chi connectivity index (χ0v) is 18.8. The van der Waals surface area contributed by atoms with Crippen LogP contribution in [-0.4, -0.2) is 18.1 Å². The number of para-hydroxylation sites is 1. The van der Waals surface area contributed by atoms with Crippen LogP contribution in [0.15, 0.2) is 78.5 Å². The van der Waals surface area contributed by atoms with Gasteiger partial charge in [-0.25, -0.2) is 0 Å². The molecule has 1 saturated heterocycles. The van der Waals surface area contributed by atoms with E-state index < -0.39 is 0 Å². The summed E-state index contributed by atoms with van der Waals surface area (Å²) in [5, 5.41) is 3.38. The molecular weight excluding hydrogens is 420 g/mol. The smallest absolute Gasteiger partial charge is 0.281 e. The molecule has 32 heavy (non-hydrogen) atoms. The van der Waals surface area contributed by atoms with Gasteiger partial charge in [0, 0.05) is 5.56 Å². The van der Waals surface area contributed by atoms with Gasteiger partial charge in [0.25, 0.3) is 5.91 Å². The molecule has 162 valence electrons. The summed E-state index contributed by atoms with van der Waals surface area (Å²) < 4.78 is 11.5. The predicted molar refractivity (Wildman–Crippen MR) is 131 cm³/mol. The fraction of sp³-hybridized carbons (Fsp3) is 0.154. The lowest BCUT2D eigenvalue weighted by atomic mass is 10.1. The molecule has 1 amide bonds. The van der Waals surface area contributed by atoms with Gasteiger partial charge in [0.2, 0.25) is 0 Å². The van der Waals surface area contributed by atoms with Gasteiger partial charge in [-0.2, -0.15) is 0 Å². The van der Waals surface area contributed by atoms with Crippen LogP contribution in [0.25, 0.3) is 6.08 Å². The minimum absolute atomic E-state index is 0.189. The van der Waals surface area contributed by atoms with Crippen molar-refractivity contribution in [2.45, 2.75) is 20.0 Å². The van der Waals surface area contributed by atoms with Crippen LogP contribution in [0.4, 0.5) is 5.69 Å². The molecule has 1 heterocycles. The summed E-state index contributed by atoms with van der Waals surface area (Å²) in [6, 6.07) is 23.1. The number of methoxy groups -OCH3 is 1. The number of nitrogens with zero attached hydrogens (tertiary/aromatic N) is 1. The first-order chi connectivity index (χ1) is 15.6. The van der Waals surface area contributed by atoms with Gasteiger partial charge >= 0.3 is 0 Å². The second-order valence-electron chi connectivity index (χ2n) is 7.32.